The van der Waals surface area contributed by atoms with Crippen LogP contribution in [0.4, 0.5) is 9.59 Å². The second kappa shape index (κ2) is 9.03. The van der Waals surface area contributed by atoms with Gasteiger partial charge in [-0.25, -0.2) is 23.9 Å². The molecular formula is C19H23N3O6. The molecule has 0 fully saturated rings. The Balaban J connectivity index is 1.94. The summed E-state index contributed by atoms with van der Waals surface area (Å²) in [6, 6.07) is 7.93. The molecule has 2 aromatic rings. The van der Waals surface area contributed by atoms with Gasteiger partial charge in [0.2, 0.25) is 0 Å². The van der Waals surface area contributed by atoms with E-state index in [4.69, 9.17) is 9.47 Å². The van der Waals surface area contributed by atoms with Crippen LogP contribution in [0.25, 0.3) is 0 Å². The fraction of sp³-hybridized carbons (Fsp3) is 0.368. The zero-order valence-corrected chi connectivity index (χ0v) is 15.9. The van der Waals surface area contributed by atoms with Crippen molar-refractivity contribution in [1.29, 1.82) is 0 Å². The Morgan fingerprint density at radius 3 is 2.50 bits per heavy atom. The van der Waals surface area contributed by atoms with E-state index in [-0.39, 0.29) is 13.0 Å². The van der Waals surface area contributed by atoms with E-state index in [0.717, 1.165) is 10.1 Å². The molecule has 9 heteroatoms. The molecule has 0 saturated heterocycles. The number of nitrogens with one attached hydrogen (secondary N) is 1. The van der Waals surface area contributed by atoms with Crippen LogP contribution >= 0.6 is 0 Å². The zero-order chi connectivity index (χ0) is 20.7. The second-order valence-electron chi connectivity index (χ2n) is 7.05. The van der Waals surface area contributed by atoms with E-state index >= 15 is 0 Å². The number of aliphatic carboxylic acids is 1. The smallest absolute Gasteiger partial charge is 0.419 e. The van der Waals surface area contributed by atoms with Crippen molar-refractivity contribution in [3.05, 3.63) is 54.1 Å². The van der Waals surface area contributed by atoms with Crippen LogP contribution in [0.2, 0.25) is 0 Å². The maximum Gasteiger partial charge on any atom is 0.419 e. The molecule has 0 radical (unpaired) electrons. The van der Waals surface area contributed by atoms with E-state index in [1.807, 2.05) is 30.3 Å². The quantitative estimate of drug-likeness (QED) is 0.779. The molecule has 1 unspecified atom stereocenters. The minimum absolute atomic E-state index is 0.102. The molecule has 9 nitrogen and oxygen atoms in total. The van der Waals surface area contributed by atoms with Crippen molar-refractivity contribution in [2.24, 2.45) is 0 Å². The van der Waals surface area contributed by atoms with Crippen molar-refractivity contribution in [1.82, 2.24) is 14.9 Å². The van der Waals surface area contributed by atoms with Gasteiger partial charge in [-0.3, -0.25) is 0 Å². The fourth-order valence-corrected chi connectivity index (χ4v) is 2.22. The van der Waals surface area contributed by atoms with E-state index in [9.17, 15) is 19.5 Å². The highest BCUT2D eigenvalue weighted by molar-refractivity contribution is 5.80. The number of hydrogen-bond donors (Lipinski definition) is 2. The molecule has 28 heavy (non-hydrogen) atoms. The molecule has 0 aliphatic heterocycles. The summed E-state index contributed by atoms with van der Waals surface area (Å²) in [5.74, 6) is -1.24. The number of carbonyl (C=O) groups is 3. The van der Waals surface area contributed by atoms with Gasteiger partial charge < -0.3 is 19.9 Å². The molecule has 150 valence electrons. The first-order valence-corrected chi connectivity index (χ1v) is 8.60. The van der Waals surface area contributed by atoms with E-state index in [1.165, 1.54) is 12.5 Å². The third-order valence-corrected chi connectivity index (χ3v) is 3.45. The predicted octanol–water partition coefficient (Wildman–Crippen LogP) is 2.59. The van der Waals surface area contributed by atoms with Gasteiger partial charge in [-0.05, 0) is 26.3 Å². The fourth-order valence-electron chi connectivity index (χ4n) is 2.22. The summed E-state index contributed by atoms with van der Waals surface area (Å²) in [7, 11) is 0. The number of carboxylic acid groups (broad SMARTS) is 1. The maximum atomic E-state index is 12.1. The Kier molecular flexibility index (Phi) is 6.75. The Hall–Kier alpha value is -3.36. The van der Waals surface area contributed by atoms with Crippen molar-refractivity contribution in [2.75, 3.05) is 0 Å². The Bertz CT molecular complexity index is 826. The van der Waals surface area contributed by atoms with Gasteiger partial charge >= 0.3 is 18.2 Å². The van der Waals surface area contributed by atoms with Gasteiger partial charge in [-0.15, -0.1) is 0 Å². The van der Waals surface area contributed by atoms with Crippen molar-refractivity contribution in [2.45, 2.75) is 45.4 Å². The molecule has 1 aromatic heterocycles. The first-order valence-electron chi connectivity index (χ1n) is 8.60. The molecular weight excluding hydrogens is 366 g/mol. The normalized spacial score (nSPS) is 12.1. The van der Waals surface area contributed by atoms with Gasteiger partial charge in [0.15, 0.2) is 0 Å². The molecule has 1 amide bonds. The minimum atomic E-state index is -1.25. The van der Waals surface area contributed by atoms with Crippen LogP contribution in [0.5, 0.6) is 0 Å². The van der Waals surface area contributed by atoms with Gasteiger partial charge in [-0.2, -0.15) is 0 Å². The lowest BCUT2D eigenvalue weighted by Crippen LogP contribution is -2.44. The van der Waals surface area contributed by atoms with Gasteiger partial charge in [-0.1, -0.05) is 30.3 Å². The lowest BCUT2D eigenvalue weighted by atomic mass is 10.1. The highest BCUT2D eigenvalue weighted by atomic mass is 16.6. The Morgan fingerprint density at radius 2 is 1.89 bits per heavy atom. The van der Waals surface area contributed by atoms with Crippen molar-refractivity contribution < 1.29 is 29.0 Å². The van der Waals surface area contributed by atoms with Crippen LogP contribution < -0.4 is 5.32 Å². The average molecular weight is 389 g/mol. The number of ether oxygens (including phenoxy) is 2. The van der Waals surface area contributed by atoms with Crippen LogP contribution in [0, 0.1) is 0 Å². The van der Waals surface area contributed by atoms with E-state index in [1.54, 1.807) is 20.8 Å². The summed E-state index contributed by atoms with van der Waals surface area (Å²) < 4.78 is 11.4. The lowest BCUT2D eigenvalue weighted by Gasteiger charge is -2.21. The molecule has 2 N–H and O–H groups in total. The number of aromatic nitrogens is 2. The summed E-state index contributed by atoms with van der Waals surface area (Å²) in [4.78, 5) is 39.3. The average Bonchev–Trinajstić information content (AvgIpc) is 3.07. The molecule has 0 saturated carbocycles. The van der Waals surface area contributed by atoms with Crippen molar-refractivity contribution in [3.63, 3.8) is 0 Å². The first-order chi connectivity index (χ1) is 13.1. The Labute approximate surface area is 162 Å². The van der Waals surface area contributed by atoms with E-state index in [0.29, 0.717) is 5.69 Å². The maximum absolute atomic E-state index is 12.1. The predicted molar refractivity (Wildman–Crippen MR) is 98.7 cm³/mol. The van der Waals surface area contributed by atoms with Gasteiger partial charge in [0, 0.05) is 12.6 Å². The summed E-state index contributed by atoms with van der Waals surface area (Å²) in [6.07, 6.45) is 0.985. The highest BCUT2D eigenvalue weighted by Gasteiger charge is 2.25. The summed E-state index contributed by atoms with van der Waals surface area (Å²) >= 11 is 0. The molecule has 0 spiro atoms. The SMILES string of the molecule is CC(C)(C)OC(=O)NC(Cc1cn(C(=O)OCc2ccccc2)cn1)C(=O)O. The molecule has 2 rings (SSSR count). The molecule has 1 atom stereocenters. The van der Waals surface area contributed by atoms with Gasteiger partial charge in [0.05, 0.1) is 5.69 Å². The standard InChI is InChI=1S/C19H23N3O6/c1-19(2,3)28-17(25)21-15(16(23)24)9-14-10-22(12-20-14)18(26)27-11-13-7-5-4-6-8-13/h4-8,10,12,15H,9,11H2,1-3H3,(H,21,25)(H,23,24). The lowest BCUT2D eigenvalue weighted by molar-refractivity contribution is -0.139. The molecule has 0 bridgehead atoms. The van der Waals surface area contributed by atoms with Gasteiger partial charge in [0.25, 0.3) is 0 Å². The number of carboxylic acids is 1. The number of nitrogens with zero attached hydrogens (tertiary/aromatic N) is 2. The largest absolute Gasteiger partial charge is 0.480 e. The molecule has 1 aromatic carbocycles. The van der Waals surface area contributed by atoms with Crippen LogP contribution in [-0.4, -0.2) is 44.5 Å². The van der Waals surface area contributed by atoms with Crippen LogP contribution in [0.1, 0.15) is 32.0 Å². The number of carbonyl (C=O) groups excluding carboxylic acids is 2. The monoisotopic (exact) mass is 389 g/mol. The summed E-state index contributed by atoms with van der Waals surface area (Å²) in [6.45, 7) is 5.12. The van der Waals surface area contributed by atoms with E-state index < -0.39 is 29.8 Å². The summed E-state index contributed by atoms with van der Waals surface area (Å²) in [5.41, 5.74) is 0.390. The van der Waals surface area contributed by atoms with Crippen LogP contribution in [0.3, 0.4) is 0 Å². The third kappa shape index (κ3) is 6.75. The summed E-state index contributed by atoms with van der Waals surface area (Å²) in [5, 5.41) is 11.6. The minimum Gasteiger partial charge on any atom is -0.480 e. The topological polar surface area (TPSA) is 120 Å². The number of rotatable bonds is 6. The van der Waals surface area contributed by atoms with Gasteiger partial charge in [0.1, 0.15) is 24.6 Å². The first kappa shape index (κ1) is 20.9. The highest BCUT2D eigenvalue weighted by Crippen LogP contribution is 2.09. The van der Waals surface area contributed by atoms with E-state index in [2.05, 4.69) is 10.3 Å². The Morgan fingerprint density at radius 1 is 1.21 bits per heavy atom. The molecule has 0 aliphatic carbocycles. The zero-order valence-electron chi connectivity index (χ0n) is 15.9. The third-order valence-electron chi connectivity index (χ3n) is 3.45. The van der Waals surface area contributed by atoms with Crippen LogP contribution in [0.15, 0.2) is 42.9 Å². The van der Waals surface area contributed by atoms with Crippen molar-refractivity contribution in [3.8, 4) is 0 Å². The number of benzene rings is 1. The number of amides is 1. The molecule has 0 aliphatic rings. The van der Waals surface area contributed by atoms with Crippen LogP contribution in [-0.2, 0) is 27.3 Å². The number of hydrogen-bond acceptors (Lipinski definition) is 6. The second-order valence-corrected chi connectivity index (χ2v) is 7.05. The van der Waals surface area contributed by atoms with Crippen molar-refractivity contribution >= 4 is 18.2 Å². The molecule has 1 heterocycles. The number of imidazole rings is 1. The number of alkyl carbamates (subject to hydrolysis) is 1.